The van der Waals surface area contributed by atoms with Gasteiger partial charge in [0.1, 0.15) is 35.6 Å². The number of aromatic amines is 1. The van der Waals surface area contributed by atoms with Gasteiger partial charge < -0.3 is 24.3 Å². The second-order valence-electron chi connectivity index (χ2n) is 15.3. The summed E-state index contributed by atoms with van der Waals surface area (Å²) in [5.41, 5.74) is -3.13. The first kappa shape index (κ1) is 47.0. The zero-order chi connectivity index (χ0) is 44.8. The van der Waals surface area contributed by atoms with Gasteiger partial charge in [0.25, 0.3) is 5.56 Å². The van der Waals surface area contributed by atoms with Crippen molar-refractivity contribution >= 4 is 13.8 Å². The second-order valence-corrected chi connectivity index (χ2v) is 17.7. The number of benzene rings is 3. The van der Waals surface area contributed by atoms with Crippen LogP contribution in [0.25, 0.3) is 0 Å². The number of aryl methyl sites for hydroxylation is 1. The summed E-state index contributed by atoms with van der Waals surface area (Å²) < 4.78 is 76.2. The molecular formula is C43H52F3N5O9P+. The largest absolute Gasteiger partial charge is 0.497 e. The zero-order valence-electron chi connectivity index (χ0n) is 35.1. The second kappa shape index (κ2) is 19.3. The van der Waals surface area contributed by atoms with Gasteiger partial charge in [0, 0.05) is 30.3 Å². The highest BCUT2D eigenvalue weighted by Gasteiger charge is 2.62. The Morgan fingerprint density at radius 2 is 1.52 bits per heavy atom. The standard InChI is InChI=1S/C43H51F3N5O9P/c1-28(2)51(29(3)4)61(55,23-11-22-47)60-41(27-48-39(53)43(44,45)46)24-37(50-25-30(5)38(52)49-40(50)54)59-36(41)26-58-42(31-12-9-8-10-13-31,32-14-18-34(56-6)19-15-32)33-16-20-35(57-7)21-17-33/h8-10,12-21,25,28-29,36-37,55H,11,23-24,26-27H2,1-7H3,(H-,48,49,52,53,54)/p+1/t36-,37-,41-,61?/m1/s1. The van der Waals surface area contributed by atoms with Crippen LogP contribution in [0.15, 0.2) is 94.6 Å². The normalized spacial score (nSPS) is 19.2. The molecule has 3 N–H and O–H groups in total. The third-order valence-corrected chi connectivity index (χ3v) is 13.7. The lowest BCUT2D eigenvalue weighted by atomic mass is 9.79. The Labute approximate surface area is 352 Å². The van der Waals surface area contributed by atoms with Crippen LogP contribution in [0.5, 0.6) is 11.5 Å². The maximum atomic E-state index is 13.9. The first-order chi connectivity index (χ1) is 28.8. The molecule has 0 bridgehead atoms. The van der Waals surface area contributed by atoms with Crippen molar-refractivity contribution in [3.05, 3.63) is 128 Å². The lowest BCUT2D eigenvalue weighted by Crippen LogP contribution is -2.56. The maximum absolute atomic E-state index is 13.9. The van der Waals surface area contributed by atoms with E-state index in [0.717, 1.165) is 4.57 Å². The lowest BCUT2D eigenvalue weighted by molar-refractivity contribution is -0.175. The lowest BCUT2D eigenvalue weighted by Gasteiger charge is -2.42. The molecule has 0 radical (unpaired) electrons. The minimum atomic E-state index is -5.31. The Morgan fingerprint density at radius 1 is 0.984 bits per heavy atom. The Bertz CT molecular complexity index is 2210. The molecule has 328 valence electrons. The van der Waals surface area contributed by atoms with Gasteiger partial charge in [0.15, 0.2) is 5.60 Å². The fourth-order valence-electron chi connectivity index (χ4n) is 7.88. The molecule has 61 heavy (non-hydrogen) atoms. The van der Waals surface area contributed by atoms with E-state index in [-0.39, 0.29) is 18.1 Å². The number of amides is 1. The molecule has 0 spiro atoms. The quantitative estimate of drug-likeness (QED) is 0.0747. The van der Waals surface area contributed by atoms with Crippen molar-refractivity contribution < 1.29 is 46.3 Å². The number of hydrogen-bond donors (Lipinski definition) is 3. The van der Waals surface area contributed by atoms with E-state index in [1.165, 1.54) is 27.3 Å². The van der Waals surface area contributed by atoms with Crippen molar-refractivity contribution in [1.82, 2.24) is 19.5 Å². The molecule has 1 unspecified atom stereocenters. The molecule has 1 amide bonds. The molecule has 1 aliphatic heterocycles. The molecule has 3 aromatic carbocycles. The van der Waals surface area contributed by atoms with Crippen molar-refractivity contribution in [3.63, 3.8) is 0 Å². The number of nitrogens with zero attached hydrogens (tertiary/aromatic N) is 3. The molecule has 5 rings (SSSR count). The Balaban J connectivity index is 1.78. The molecule has 4 atom stereocenters. The van der Waals surface area contributed by atoms with Gasteiger partial charge in [-0.3, -0.25) is 19.1 Å². The molecule has 1 aromatic heterocycles. The van der Waals surface area contributed by atoms with Gasteiger partial charge in [-0.25, -0.2) is 9.69 Å². The smallest absolute Gasteiger partial charge is 0.471 e. The highest BCUT2D eigenvalue weighted by atomic mass is 31.2. The third-order valence-electron chi connectivity index (χ3n) is 10.6. The molecule has 0 aliphatic carbocycles. The molecule has 14 nitrogen and oxygen atoms in total. The van der Waals surface area contributed by atoms with Gasteiger partial charge >= 0.3 is 25.6 Å². The van der Waals surface area contributed by atoms with Crippen LogP contribution in [0.4, 0.5) is 13.2 Å². The molecule has 1 saturated heterocycles. The van der Waals surface area contributed by atoms with Crippen LogP contribution in [0.3, 0.4) is 0 Å². The highest BCUT2D eigenvalue weighted by molar-refractivity contribution is 7.63. The number of methoxy groups -OCH3 is 2. The predicted octanol–water partition coefficient (Wildman–Crippen LogP) is 6.38. The van der Waals surface area contributed by atoms with Crippen molar-refractivity contribution in [2.45, 2.75) is 89.3 Å². The van der Waals surface area contributed by atoms with Crippen LogP contribution in [0, 0.1) is 18.3 Å². The minimum absolute atomic E-state index is 0.130. The summed E-state index contributed by atoms with van der Waals surface area (Å²) in [5.74, 6) is -1.18. The number of nitriles is 1. The van der Waals surface area contributed by atoms with Crippen LogP contribution in [-0.4, -0.2) is 88.5 Å². The number of hydrogen-bond acceptors (Lipinski definition) is 11. The number of halogens is 3. The predicted molar refractivity (Wildman–Crippen MR) is 222 cm³/mol. The van der Waals surface area contributed by atoms with Crippen LogP contribution in [0.2, 0.25) is 0 Å². The number of carbonyl (C=O) groups excluding carboxylic acids is 1. The van der Waals surface area contributed by atoms with Gasteiger partial charge in [0.05, 0.1) is 39.9 Å². The first-order valence-electron chi connectivity index (χ1n) is 19.6. The average Bonchev–Trinajstić information content (AvgIpc) is 3.57. The number of aromatic nitrogens is 2. The van der Waals surface area contributed by atoms with E-state index in [1.807, 2.05) is 41.7 Å². The molecule has 2 heterocycles. The Kier molecular flexibility index (Phi) is 14.9. The summed E-state index contributed by atoms with van der Waals surface area (Å²) >= 11 is 0. The van der Waals surface area contributed by atoms with Crippen LogP contribution in [-0.2, 0) is 24.4 Å². The molecule has 1 aliphatic rings. The highest BCUT2D eigenvalue weighted by Crippen LogP contribution is 2.66. The van der Waals surface area contributed by atoms with E-state index >= 15 is 0 Å². The van der Waals surface area contributed by atoms with Gasteiger partial charge in [-0.15, -0.1) is 4.67 Å². The van der Waals surface area contributed by atoms with Crippen molar-refractivity contribution in [3.8, 4) is 17.6 Å². The third kappa shape index (κ3) is 10.2. The van der Waals surface area contributed by atoms with Crippen LogP contribution >= 0.6 is 7.87 Å². The maximum Gasteiger partial charge on any atom is 0.471 e. The number of nitrogens with one attached hydrogen (secondary N) is 2. The van der Waals surface area contributed by atoms with Gasteiger partial charge in [-0.2, -0.15) is 23.0 Å². The fourth-order valence-corrected chi connectivity index (χ4v) is 11.0. The number of ether oxygens (including phenoxy) is 4. The summed E-state index contributed by atoms with van der Waals surface area (Å²) in [6.45, 7) is 7.30. The first-order valence-corrected chi connectivity index (χ1v) is 21.4. The molecule has 4 aromatic rings. The summed E-state index contributed by atoms with van der Waals surface area (Å²) in [6.07, 6.45) is -7.67. The fraction of sp³-hybridized carbons (Fsp3) is 0.442. The molecular weight excluding hydrogens is 818 g/mol. The van der Waals surface area contributed by atoms with Crippen molar-refractivity contribution in [2.75, 3.05) is 33.5 Å². The number of H-pyrrole nitrogens is 1. The van der Waals surface area contributed by atoms with Crippen molar-refractivity contribution in [2.24, 2.45) is 0 Å². The minimum Gasteiger partial charge on any atom is -0.497 e. The van der Waals surface area contributed by atoms with E-state index in [9.17, 15) is 37.7 Å². The van der Waals surface area contributed by atoms with Crippen LogP contribution in [0.1, 0.15) is 69.0 Å². The van der Waals surface area contributed by atoms with Crippen molar-refractivity contribution in [1.29, 1.82) is 5.26 Å². The van der Waals surface area contributed by atoms with Crippen LogP contribution < -0.4 is 26.0 Å². The molecule has 0 saturated carbocycles. The Morgan fingerprint density at radius 3 is 2.02 bits per heavy atom. The van der Waals surface area contributed by atoms with Gasteiger partial charge in [0.2, 0.25) is 0 Å². The molecule has 18 heteroatoms. The van der Waals surface area contributed by atoms with E-state index in [4.69, 9.17) is 23.5 Å². The summed E-state index contributed by atoms with van der Waals surface area (Å²) in [7, 11) is -0.940. The van der Waals surface area contributed by atoms with Gasteiger partial charge in [-0.05, 0) is 75.6 Å². The number of alkyl halides is 3. The van der Waals surface area contributed by atoms with E-state index in [1.54, 1.807) is 80.9 Å². The summed E-state index contributed by atoms with van der Waals surface area (Å²) in [6, 6.07) is 24.6. The zero-order valence-corrected chi connectivity index (χ0v) is 36.0. The Hall–Kier alpha value is -5.08. The number of rotatable bonds is 18. The van der Waals surface area contributed by atoms with E-state index in [2.05, 4.69) is 4.98 Å². The monoisotopic (exact) mass is 870 g/mol. The number of carbonyl (C=O) groups is 1. The summed E-state index contributed by atoms with van der Waals surface area (Å²) in [4.78, 5) is 53.5. The topological polar surface area (TPSA) is 177 Å². The van der Waals surface area contributed by atoms with Gasteiger partial charge in [-0.1, -0.05) is 54.6 Å². The summed E-state index contributed by atoms with van der Waals surface area (Å²) in [5, 5.41) is 11.7. The SMILES string of the molecule is COc1ccc(C(OC[C@H]2O[C@@H](n3cc(C)c(=O)[nH]c3=O)C[C@]2(CNC(=O)C(F)(F)F)O[P+](O)(CCC#N)N(C(C)C)C(C)C)(c2ccccc2)c2ccc(OC)cc2)cc1. The average molecular weight is 871 g/mol. The van der Waals surface area contributed by atoms with E-state index < -0.39 is 86.4 Å². The molecule has 1 fully saturated rings. The van der Waals surface area contributed by atoms with E-state index in [0.29, 0.717) is 28.2 Å².